The van der Waals surface area contributed by atoms with E-state index in [1.54, 1.807) is 0 Å². The summed E-state index contributed by atoms with van der Waals surface area (Å²) >= 11 is 0. The highest BCUT2D eigenvalue weighted by molar-refractivity contribution is 5.93. The second kappa shape index (κ2) is 9.60. The van der Waals surface area contributed by atoms with Gasteiger partial charge >= 0.3 is 0 Å². The molecule has 1 N–H and O–H groups in total. The van der Waals surface area contributed by atoms with Gasteiger partial charge in [0.25, 0.3) is 0 Å². The number of carbonyl (C=O) groups excluding carboxylic acids is 1. The Kier molecular flexibility index (Phi) is 6.46. The lowest BCUT2D eigenvalue weighted by Gasteiger charge is -2.32. The molecule has 1 fully saturated rings. The number of carbonyl (C=O) groups is 1. The molecule has 31 heavy (non-hydrogen) atoms. The Hall–Kier alpha value is -3.41. The number of rotatable bonds is 6. The predicted octanol–water partition coefficient (Wildman–Crippen LogP) is 4.71. The van der Waals surface area contributed by atoms with E-state index in [4.69, 9.17) is 4.74 Å². The molecular formula is C25H28N4O2. The third-order valence-corrected chi connectivity index (χ3v) is 5.55. The van der Waals surface area contributed by atoms with E-state index in [0.29, 0.717) is 13.2 Å². The van der Waals surface area contributed by atoms with Gasteiger partial charge in [0.2, 0.25) is 5.91 Å². The highest BCUT2D eigenvalue weighted by atomic mass is 16.5. The highest BCUT2D eigenvalue weighted by Crippen LogP contribution is 2.25. The van der Waals surface area contributed by atoms with Crippen molar-refractivity contribution >= 4 is 17.4 Å². The summed E-state index contributed by atoms with van der Waals surface area (Å²) in [5.74, 6) is 1.57. The van der Waals surface area contributed by atoms with Crippen molar-refractivity contribution in [2.75, 3.05) is 29.9 Å². The summed E-state index contributed by atoms with van der Waals surface area (Å²) < 4.78 is 5.45. The predicted molar refractivity (Wildman–Crippen MR) is 123 cm³/mol. The van der Waals surface area contributed by atoms with Crippen molar-refractivity contribution in [1.82, 2.24) is 10.2 Å². The second-order valence-electron chi connectivity index (χ2n) is 7.87. The molecule has 0 spiro atoms. The maximum absolute atomic E-state index is 12.8. The number of hydrogen-bond donors (Lipinski definition) is 1. The quantitative estimate of drug-likeness (QED) is 0.631. The van der Waals surface area contributed by atoms with Crippen molar-refractivity contribution in [2.45, 2.75) is 26.7 Å². The molecule has 0 bridgehead atoms. The number of benzene rings is 2. The molecule has 0 saturated carbocycles. The Bertz CT molecular complexity index is 1000. The van der Waals surface area contributed by atoms with Crippen LogP contribution in [0.2, 0.25) is 0 Å². The van der Waals surface area contributed by atoms with Crippen LogP contribution in [0.15, 0.2) is 60.7 Å². The van der Waals surface area contributed by atoms with Crippen LogP contribution in [0.5, 0.6) is 5.75 Å². The number of ether oxygens (including phenoxy) is 1. The van der Waals surface area contributed by atoms with E-state index in [2.05, 4.69) is 51.6 Å². The van der Waals surface area contributed by atoms with Gasteiger partial charge in [-0.25, -0.2) is 0 Å². The Labute approximate surface area is 183 Å². The molecule has 0 aliphatic carbocycles. The molecule has 1 aliphatic heterocycles. The zero-order valence-corrected chi connectivity index (χ0v) is 18.0. The first-order valence-corrected chi connectivity index (χ1v) is 10.8. The second-order valence-corrected chi connectivity index (χ2v) is 7.87. The number of nitrogens with one attached hydrogen (secondary N) is 1. The maximum atomic E-state index is 12.8. The lowest BCUT2D eigenvalue weighted by Crippen LogP contribution is -2.41. The summed E-state index contributed by atoms with van der Waals surface area (Å²) in [4.78, 5) is 15.0. The van der Waals surface area contributed by atoms with Gasteiger partial charge in [-0.15, -0.1) is 10.2 Å². The summed E-state index contributed by atoms with van der Waals surface area (Å²) in [7, 11) is 0. The Balaban J connectivity index is 1.38. The Morgan fingerprint density at radius 1 is 1.06 bits per heavy atom. The minimum Gasteiger partial charge on any atom is -0.494 e. The summed E-state index contributed by atoms with van der Waals surface area (Å²) in [5.41, 5.74) is 3.91. The Morgan fingerprint density at radius 2 is 1.84 bits per heavy atom. The molecule has 1 atom stereocenters. The molecule has 2 aromatic carbocycles. The van der Waals surface area contributed by atoms with Crippen LogP contribution in [0.4, 0.5) is 11.5 Å². The number of aryl methyl sites for hydroxylation is 1. The molecule has 1 amide bonds. The van der Waals surface area contributed by atoms with Crippen LogP contribution in [0, 0.1) is 12.8 Å². The lowest BCUT2D eigenvalue weighted by atomic mass is 9.97. The molecule has 2 heterocycles. The van der Waals surface area contributed by atoms with Gasteiger partial charge in [-0.1, -0.05) is 29.8 Å². The van der Waals surface area contributed by atoms with Gasteiger partial charge in [-0.05, 0) is 63.1 Å². The molecule has 0 unspecified atom stereocenters. The van der Waals surface area contributed by atoms with Crippen molar-refractivity contribution in [1.29, 1.82) is 0 Å². The van der Waals surface area contributed by atoms with Gasteiger partial charge in [0, 0.05) is 24.3 Å². The smallest absolute Gasteiger partial charge is 0.229 e. The minimum absolute atomic E-state index is 0.0399. The molecule has 0 radical (unpaired) electrons. The topological polar surface area (TPSA) is 67.3 Å². The maximum Gasteiger partial charge on any atom is 0.229 e. The summed E-state index contributed by atoms with van der Waals surface area (Å²) in [6, 6.07) is 19.7. The summed E-state index contributed by atoms with van der Waals surface area (Å²) in [5, 5.41) is 11.9. The molecule has 6 heteroatoms. The summed E-state index contributed by atoms with van der Waals surface area (Å²) in [6.07, 6.45) is 1.82. The van der Waals surface area contributed by atoms with E-state index in [1.807, 2.05) is 43.3 Å². The number of nitrogens with zero attached hydrogens (tertiary/aromatic N) is 3. The molecule has 1 aliphatic rings. The highest BCUT2D eigenvalue weighted by Gasteiger charge is 2.27. The van der Waals surface area contributed by atoms with E-state index in [0.717, 1.165) is 47.9 Å². The molecule has 160 valence electrons. The van der Waals surface area contributed by atoms with E-state index in [1.165, 1.54) is 5.56 Å². The van der Waals surface area contributed by atoms with Crippen LogP contribution >= 0.6 is 0 Å². The standard InChI is InChI=1S/C25H28N4O2/c1-3-31-22-12-10-21(11-13-22)26-25(30)20-5-4-16-29(17-20)24-15-14-23(27-28-24)19-8-6-18(2)7-9-19/h6-15,20H,3-5,16-17H2,1-2H3,(H,26,30)/t20-/m0/s1. The fourth-order valence-corrected chi connectivity index (χ4v) is 3.82. The zero-order valence-electron chi connectivity index (χ0n) is 18.0. The molecule has 1 saturated heterocycles. The normalized spacial score (nSPS) is 16.1. The number of hydrogen-bond acceptors (Lipinski definition) is 5. The third-order valence-electron chi connectivity index (χ3n) is 5.55. The third kappa shape index (κ3) is 5.20. The first-order chi connectivity index (χ1) is 15.1. The van der Waals surface area contributed by atoms with Gasteiger partial charge < -0.3 is 15.0 Å². The number of aromatic nitrogens is 2. The van der Waals surface area contributed by atoms with Crippen LogP contribution < -0.4 is 15.0 Å². The van der Waals surface area contributed by atoms with Gasteiger partial charge in [-0.3, -0.25) is 4.79 Å². The zero-order chi connectivity index (χ0) is 21.6. The molecular weight excluding hydrogens is 388 g/mol. The first-order valence-electron chi connectivity index (χ1n) is 10.8. The van der Waals surface area contributed by atoms with Crippen LogP contribution in [0.3, 0.4) is 0 Å². The van der Waals surface area contributed by atoms with Crippen LogP contribution in [-0.2, 0) is 4.79 Å². The molecule has 3 aromatic rings. The molecule has 6 nitrogen and oxygen atoms in total. The molecule has 4 rings (SSSR count). The van der Waals surface area contributed by atoms with E-state index >= 15 is 0 Å². The van der Waals surface area contributed by atoms with Crippen molar-refractivity contribution in [2.24, 2.45) is 5.92 Å². The van der Waals surface area contributed by atoms with Crippen molar-refractivity contribution < 1.29 is 9.53 Å². The van der Waals surface area contributed by atoms with Gasteiger partial charge in [-0.2, -0.15) is 0 Å². The Morgan fingerprint density at radius 3 is 2.52 bits per heavy atom. The fourth-order valence-electron chi connectivity index (χ4n) is 3.82. The SMILES string of the molecule is CCOc1ccc(NC(=O)[C@H]2CCCN(c3ccc(-c4ccc(C)cc4)nn3)C2)cc1. The van der Waals surface area contributed by atoms with Gasteiger partial charge in [0.15, 0.2) is 5.82 Å². The fraction of sp³-hybridized carbons (Fsp3) is 0.320. The average molecular weight is 417 g/mol. The number of anilines is 2. The van der Waals surface area contributed by atoms with Gasteiger partial charge in [0.05, 0.1) is 18.2 Å². The van der Waals surface area contributed by atoms with Crippen molar-refractivity contribution in [3.8, 4) is 17.0 Å². The van der Waals surface area contributed by atoms with Crippen molar-refractivity contribution in [3.63, 3.8) is 0 Å². The van der Waals surface area contributed by atoms with Crippen LogP contribution in [-0.4, -0.2) is 35.8 Å². The lowest BCUT2D eigenvalue weighted by molar-refractivity contribution is -0.120. The van der Waals surface area contributed by atoms with E-state index in [-0.39, 0.29) is 11.8 Å². The van der Waals surface area contributed by atoms with Crippen molar-refractivity contribution in [3.05, 3.63) is 66.2 Å². The largest absolute Gasteiger partial charge is 0.494 e. The first kappa shape index (κ1) is 20.8. The van der Waals surface area contributed by atoms with E-state index in [9.17, 15) is 4.79 Å². The number of piperidine rings is 1. The molecule has 1 aromatic heterocycles. The minimum atomic E-state index is -0.0844. The van der Waals surface area contributed by atoms with Gasteiger partial charge in [0.1, 0.15) is 5.75 Å². The average Bonchev–Trinajstić information content (AvgIpc) is 2.81. The van der Waals surface area contributed by atoms with E-state index < -0.39 is 0 Å². The summed E-state index contributed by atoms with van der Waals surface area (Å²) in [6.45, 7) is 6.16. The monoisotopic (exact) mass is 416 g/mol. The van der Waals surface area contributed by atoms with Crippen LogP contribution in [0.25, 0.3) is 11.3 Å². The number of amides is 1. The van der Waals surface area contributed by atoms with Crippen LogP contribution in [0.1, 0.15) is 25.3 Å².